The Morgan fingerprint density at radius 2 is 2.10 bits per heavy atom. The van der Waals surface area contributed by atoms with E-state index in [4.69, 9.17) is 10.2 Å². The monoisotopic (exact) mass is 513 g/mol. The number of nitrogens with zero attached hydrogens (tertiary/aromatic N) is 3. The van der Waals surface area contributed by atoms with Gasteiger partial charge in [0.25, 0.3) is 11.8 Å². The molecule has 0 fully saturated rings. The van der Waals surface area contributed by atoms with Gasteiger partial charge < -0.3 is 15.5 Å². The molecule has 160 valence electrons. The number of alkyl halides is 3. The SMILES string of the molecule is Cn1cc(Br)c(C(=O)Nc2c(C(N)=O)sc3nc(C(F)(F)F)cc(-c4ccco4)c23)n1. The van der Waals surface area contributed by atoms with E-state index < -0.39 is 23.7 Å². The van der Waals surface area contributed by atoms with E-state index in [1.54, 1.807) is 13.2 Å². The van der Waals surface area contributed by atoms with Crippen LogP contribution < -0.4 is 11.1 Å². The summed E-state index contributed by atoms with van der Waals surface area (Å²) in [5, 5.41) is 6.67. The fraction of sp³-hybridized carbons (Fsp3) is 0.111. The van der Waals surface area contributed by atoms with Crippen LogP contribution in [-0.2, 0) is 13.2 Å². The van der Waals surface area contributed by atoms with Crippen LogP contribution in [-0.4, -0.2) is 26.6 Å². The highest BCUT2D eigenvalue weighted by molar-refractivity contribution is 9.10. The fourth-order valence-corrected chi connectivity index (χ4v) is 4.51. The van der Waals surface area contributed by atoms with Crippen molar-refractivity contribution in [3.05, 3.63) is 51.4 Å². The van der Waals surface area contributed by atoms with Crippen molar-refractivity contribution < 1.29 is 27.2 Å². The molecule has 0 aliphatic heterocycles. The lowest BCUT2D eigenvalue weighted by molar-refractivity contribution is -0.140. The van der Waals surface area contributed by atoms with Crippen LogP contribution in [0.25, 0.3) is 21.5 Å². The molecule has 0 saturated carbocycles. The van der Waals surface area contributed by atoms with E-state index in [1.165, 1.54) is 23.1 Å². The minimum atomic E-state index is -4.74. The molecule has 0 atom stereocenters. The van der Waals surface area contributed by atoms with Crippen LogP contribution in [0.1, 0.15) is 25.9 Å². The summed E-state index contributed by atoms with van der Waals surface area (Å²) in [7, 11) is 1.61. The van der Waals surface area contributed by atoms with Gasteiger partial charge in [0, 0.05) is 24.2 Å². The van der Waals surface area contributed by atoms with Gasteiger partial charge in [0.1, 0.15) is 21.2 Å². The third-order valence-electron chi connectivity index (χ3n) is 4.20. The molecule has 4 heterocycles. The van der Waals surface area contributed by atoms with Crippen molar-refractivity contribution in [3.63, 3.8) is 0 Å². The molecule has 8 nitrogen and oxygen atoms in total. The number of hydrogen-bond donors (Lipinski definition) is 2. The largest absolute Gasteiger partial charge is 0.464 e. The van der Waals surface area contributed by atoms with Crippen molar-refractivity contribution in [1.82, 2.24) is 14.8 Å². The molecule has 0 saturated heterocycles. The van der Waals surface area contributed by atoms with E-state index >= 15 is 0 Å². The number of carbonyl (C=O) groups excluding carboxylic acids is 2. The number of primary amides is 1. The normalized spacial score (nSPS) is 11.8. The summed E-state index contributed by atoms with van der Waals surface area (Å²) >= 11 is 3.85. The van der Waals surface area contributed by atoms with Crippen molar-refractivity contribution >= 4 is 55.0 Å². The quantitative estimate of drug-likeness (QED) is 0.418. The zero-order valence-corrected chi connectivity index (χ0v) is 17.9. The Morgan fingerprint density at radius 1 is 1.35 bits per heavy atom. The van der Waals surface area contributed by atoms with Crippen LogP contribution in [0.4, 0.5) is 18.9 Å². The van der Waals surface area contributed by atoms with Crippen LogP contribution >= 0.6 is 27.3 Å². The Morgan fingerprint density at radius 3 is 2.65 bits per heavy atom. The molecule has 4 aromatic rings. The molecule has 4 aromatic heterocycles. The number of fused-ring (bicyclic) bond motifs is 1. The second-order valence-corrected chi connectivity index (χ2v) is 8.19. The van der Waals surface area contributed by atoms with Crippen LogP contribution in [0.3, 0.4) is 0 Å². The minimum absolute atomic E-state index is 0.00135. The summed E-state index contributed by atoms with van der Waals surface area (Å²) < 4.78 is 47.3. The number of hydrogen-bond acceptors (Lipinski definition) is 6. The van der Waals surface area contributed by atoms with E-state index in [9.17, 15) is 22.8 Å². The van der Waals surface area contributed by atoms with Crippen molar-refractivity contribution in [1.29, 1.82) is 0 Å². The zero-order chi connectivity index (χ0) is 22.5. The van der Waals surface area contributed by atoms with E-state index in [2.05, 4.69) is 31.3 Å². The molecular weight excluding hydrogens is 503 g/mol. The molecule has 0 bridgehead atoms. The molecule has 13 heteroatoms. The second kappa shape index (κ2) is 7.50. The van der Waals surface area contributed by atoms with Gasteiger partial charge in [-0.05, 0) is 34.1 Å². The third-order valence-corrected chi connectivity index (χ3v) is 5.88. The molecule has 0 aliphatic carbocycles. The Labute approximate surface area is 184 Å². The van der Waals surface area contributed by atoms with E-state index in [1.807, 2.05) is 0 Å². The number of pyridine rings is 1. The molecule has 0 aromatic carbocycles. The number of anilines is 1. The minimum Gasteiger partial charge on any atom is -0.464 e. The lowest BCUT2D eigenvalue weighted by Gasteiger charge is -2.10. The van der Waals surface area contributed by atoms with Crippen LogP contribution in [0, 0.1) is 0 Å². The van der Waals surface area contributed by atoms with Crippen molar-refractivity contribution in [3.8, 4) is 11.3 Å². The third kappa shape index (κ3) is 3.81. The van der Waals surface area contributed by atoms with Gasteiger partial charge in [-0.3, -0.25) is 14.3 Å². The van der Waals surface area contributed by atoms with Crippen LogP contribution in [0.5, 0.6) is 0 Å². The molecule has 4 rings (SSSR count). The number of rotatable bonds is 4. The standard InChI is InChI=1S/C18H11BrF3N5O3S/c1-27-6-8(19)12(26-27)16(29)25-13-11-7(9-3-2-4-30-9)5-10(18(20,21)22)24-17(11)31-14(13)15(23)28/h2-6H,1H3,(H2,23,28)(H,25,29). The maximum atomic E-state index is 13.4. The maximum absolute atomic E-state index is 13.4. The van der Waals surface area contributed by atoms with Crippen molar-refractivity contribution in [2.24, 2.45) is 12.8 Å². The molecular formula is C18H11BrF3N5O3S. The van der Waals surface area contributed by atoms with Crippen LogP contribution in [0.2, 0.25) is 0 Å². The molecule has 0 radical (unpaired) electrons. The van der Waals surface area contributed by atoms with Gasteiger partial charge in [-0.15, -0.1) is 11.3 Å². The number of aryl methyl sites for hydroxylation is 1. The Hall–Kier alpha value is -3.19. The topological polar surface area (TPSA) is 116 Å². The van der Waals surface area contributed by atoms with Crippen molar-refractivity contribution in [2.45, 2.75) is 6.18 Å². The van der Waals surface area contributed by atoms with E-state index in [-0.39, 0.29) is 37.8 Å². The summed E-state index contributed by atoms with van der Waals surface area (Å²) in [5.41, 5.74) is 4.21. The summed E-state index contributed by atoms with van der Waals surface area (Å²) in [6.07, 6.45) is -1.91. The number of nitrogens with one attached hydrogen (secondary N) is 1. The van der Waals surface area contributed by atoms with Gasteiger partial charge in [-0.2, -0.15) is 18.3 Å². The highest BCUT2D eigenvalue weighted by Crippen LogP contribution is 2.43. The average Bonchev–Trinajstić information content (AvgIpc) is 3.39. The van der Waals surface area contributed by atoms with Crippen LogP contribution in [0.15, 0.2) is 39.5 Å². The first kappa shape index (κ1) is 21.1. The number of carbonyl (C=O) groups is 2. The Balaban J connectivity index is 1.97. The summed E-state index contributed by atoms with van der Waals surface area (Å²) in [6.45, 7) is 0. The molecule has 0 spiro atoms. The second-order valence-electron chi connectivity index (χ2n) is 6.33. The average molecular weight is 514 g/mol. The van der Waals surface area contributed by atoms with Gasteiger partial charge in [-0.1, -0.05) is 0 Å². The molecule has 31 heavy (non-hydrogen) atoms. The lowest BCUT2D eigenvalue weighted by atomic mass is 10.1. The molecule has 0 unspecified atom stereocenters. The predicted octanol–water partition coefficient (Wildman–Crippen LogP) is 4.42. The number of amides is 2. The van der Waals surface area contributed by atoms with Gasteiger partial charge in [0.05, 0.1) is 16.4 Å². The predicted molar refractivity (Wildman–Crippen MR) is 110 cm³/mol. The number of thiophene rings is 1. The molecule has 0 aliphatic rings. The molecule has 3 N–H and O–H groups in total. The molecule has 2 amide bonds. The number of furan rings is 1. The van der Waals surface area contributed by atoms with E-state index in [0.29, 0.717) is 15.8 Å². The van der Waals surface area contributed by atoms with Gasteiger partial charge in [-0.25, -0.2) is 4.98 Å². The highest BCUT2D eigenvalue weighted by atomic mass is 79.9. The number of halogens is 4. The fourth-order valence-electron chi connectivity index (χ4n) is 2.95. The highest BCUT2D eigenvalue weighted by Gasteiger charge is 2.35. The Bertz CT molecular complexity index is 1330. The Kier molecular flexibility index (Phi) is 5.09. The maximum Gasteiger partial charge on any atom is 0.433 e. The first-order chi connectivity index (χ1) is 14.6. The van der Waals surface area contributed by atoms with Gasteiger partial charge >= 0.3 is 6.18 Å². The number of aromatic nitrogens is 3. The zero-order valence-electron chi connectivity index (χ0n) is 15.5. The number of nitrogens with two attached hydrogens (primary N) is 1. The van der Waals surface area contributed by atoms with Gasteiger partial charge in [0.15, 0.2) is 5.69 Å². The smallest absolute Gasteiger partial charge is 0.433 e. The lowest BCUT2D eigenvalue weighted by Crippen LogP contribution is -2.17. The summed E-state index contributed by atoms with van der Waals surface area (Å²) in [6, 6.07) is 3.75. The first-order valence-electron chi connectivity index (χ1n) is 8.45. The summed E-state index contributed by atoms with van der Waals surface area (Å²) in [5.74, 6) is -1.53. The van der Waals surface area contributed by atoms with Gasteiger partial charge in [0.2, 0.25) is 0 Å². The van der Waals surface area contributed by atoms with E-state index in [0.717, 1.165) is 6.07 Å². The van der Waals surface area contributed by atoms with Crippen molar-refractivity contribution in [2.75, 3.05) is 5.32 Å². The summed E-state index contributed by atoms with van der Waals surface area (Å²) in [4.78, 5) is 28.2. The first-order valence-corrected chi connectivity index (χ1v) is 10.1.